The van der Waals surface area contributed by atoms with E-state index in [0.29, 0.717) is 12.1 Å². The summed E-state index contributed by atoms with van der Waals surface area (Å²) in [4.78, 5) is 11.5. The minimum absolute atomic E-state index is 0.142. The van der Waals surface area contributed by atoms with Gasteiger partial charge in [0.1, 0.15) is 17.4 Å². The average Bonchev–Trinajstić information content (AvgIpc) is 2.27. The molecule has 0 aliphatic carbocycles. The molecule has 0 bridgehead atoms. The molecule has 1 aromatic rings. The first-order chi connectivity index (χ1) is 8.32. The van der Waals surface area contributed by atoms with Gasteiger partial charge in [-0.1, -0.05) is 0 Å². The number of benzene rings is 1. The van der Waals surface area contributed by atoms with Crippen LogP contribution in [0.2, 0.25) is 0 Å². The Morgan fingerprint density at radius 3 is 2.56 bits per heavy atom. The second-order valence-electron chi connectivity index (χ2n) is 3.21. The number of hydrogen-bond donors (Lipinski definition) is 1. The maximum absolute atomic E-state index is 12.7. The fraction of sp³-hybridized carbons (Fsp3) is 0.273. The molecule has 1 rings (SSSR count). The number of halogens is 3. The number of carbonyl (C=O) groups is 1. The summed E-state index contributed by atoms with van der Waals surface area (Å²) in [6, 6.07) is 2.61. The summed E-state index contributed by atoms with van der Waals surface area (Å²) < 4.78 is 42.6. The lowest BCUT2D eigenvalue weighted by atomic mass is 10.0. The first-order valence-corrected chi connectivity index (χ1v) is 4.83. The summed E-state index contributed by atoms with van der Waals surface area (Å²) in [5, 5.41) is 18.0. The van der Waals surface area contributed by atoms with Crippen molar-refractivity contribution in [1.29, 1.82) is 5.26 Å². The zero-order valence-corrected chi connectivity index (χ0v) is 9.21. The van der Waals surface area contributed by atoms with Crippen molar-refractivity contribution in [3.8, 4) is 11.8 Å². The molecule has 0 aromatic heterocycles. The van der Waals surface area contributed by atoms with Crippen molar-refractivity contribution in [1.82, 2.24) is 0 Å². The zero-order chi connectivity index (χ0) is 13.9. The molecule has 0 saturated carbocycles. The van der Waals surface area contributed by atoms with Crippen LogP contribution >= 0.6 is 0 Å². The molecule has 0 unspecified atom stereocenters. The van der Waals surface area contributed by atoms with Gasteiger partial charge < -0.3 is 9.84 Å². The number of phenolic OH excluding ortho intramolecular Hbond substituents is 1. The second kappa shape index (κ2) is 4.96. The van der Waals surface area contributed by atoms with Crippen LogP contribution in [-0.4, -0.2) is 17.7 Å². The van der Waals surface area contributed by atoms with E-state index in [4.69, 9.17) is 5.26 Å². The molecule has 1 aromatic carbocycles. The maximum atomic E-state index is 12.7. The molecule has 0 radical (unpaired) electrons. The van der Waals surface area contributed by atoms with Crippen LogP contribution in [0.15, 0.2) is 12.1 Å². The molecule has 0 atom stereocenters. The molecular weight excluding hydrogens is 251 g/mol. The van der Waals surface area contributed by atoms with Gasteiger partial charge in [0.2, 0.25) is 0 Å². The number of alkyl halides is 3. The molecule has 4 nitrogen and oxygen atoms in total. The van der Waals surface area contributed by atoms with Crippen LogP contribution in [0.3, 0.4) is 0 Å². The second-order valence-corrected chi connectivity index (χ2v) is 3.21. The Morgan fingerprint density at radius 2 is 2.11 bits per heavy atom. The maximum Gasteiger partial charge on any atom is 0.417 e. The Labute approximate surface area is 100 Å². The SMILES string of the molecule is CCOC(=O)c1c(C(F)(F)F)ccc(O)c1C#N. The third kappa shape index (κ3) is 2.53. The summed E-state index contributed by atoms with van der Waals surface area (Å²) in [6.45, 7) is 1.27. The Balaban J connectivity index is 3.56. The number of rotatable bonds is 2. The van der Waals surface area contributed by atoms with E-state index in [1.165, 1.54) is 13.0 Å². The van der Waals surface area contributed by atoms with E-state index < -0.39 is 34.6 Å². The molecule has 0 spiro atoms. The molecule has 0 aliphatic rings. The number of nitrogens with zero attached hydrogens (tertiary/aromatic N) is 1. The van der Waals surface area contributed by atoms with Crippen LogP contribution in [0.1, 0.15) is 28.4 Å². The Kier molecular flexibility index (Phi) is 3.81. The fourth-order valence-electron chi connectivity index (χ4n) is 1.36. The number of nitriles is 1. The number of hydrogen-bond acceptors (Lipinski definition) is 4. The summed E-state index contributed by atoms with van der Waals surface area (Å²) in [5.41, 5.74) is -3.02. The molecule has 1 N–H and O–H groups in total. The van der Waals surface area contributed by atoms with Gasteiger partial charge in [-0.3, -0.25) is 0 Å². The number of esters is 1. The highest BCUT2D eigenvalue weighted by Crippen LogP contribution is 2.36. The van der Waals surface area contributed by atoms with Crippen LogP contribution in [-0.2, 0) is 10.9 Å². The Bertz CT molecular complexity index is 517. The Hall–Kier alpha value is -2.23. The molecule has 0 saturated heterocycles. The molecule has 7 heteroatoms. The van der Waals surface area contributed by atoms with E-state index >= 15 is 0 Å². The van der Waals surface area contributed by atoms with Crippen molar-refractivity contribution in [3.05, 3.63) is 28.8 Å². The van der Waals surface area contributed by atoms with Gasteiger partial charge in [-0.2, -0.15) is 18.4 Å². The van der Waals surface area contributed by atoms with E-state index in [1.54, 1.807) is 0 Å². The van der Waals surface area contributed by atoms with E-state index in [9.17, 15) is 23.1 Å². The smallest absolute Gasteiger partial charge is 0.417 e. The first-order valence-electron chi connectivity index (χ1n) is 4.83. The number of carbonyl (C=O) groups excluding carboxylic acids is 1. The summed E-state index contributed by atoms with van der Waals surface area (Å²) >= 11 is 0. The summed E-state index contributed by atoms with van der Waals surface area (Å²) in [7, 11) is 0. The fourth-order valence-corrected chi connectivity index (χ4v) is 1.36. The van der Waals surface area contributed by atoms with Gasteiger partial charge in [0.15, 0.2) is 0 Å². The van der Waals surface area contributed by atoms with Gasteiger partial charge >= 0.3 is 12.1 Å². The van der Waals surface area contributed by atoms with Crippen LogP contribution in [0.5, 0.6) is 5.75 Å². The van der Waals surface area contributed by atoms with E-state index in [2.05, 4.69) is 4.74 Å². The lowest BCUT2D eigenvalue weighted by molar-refractivity contribution is -0.138. The quantitative estimate of drug-likeness (QED) is 0.828. The molecule has 18 heavy (non-hydrogen) atoms. The highest BCUT2D eigenvalue weighted by molar-refractivity contribution is 5.95. The summed E-state index contributed by atoms with van der Waals surface area (Å²) in [6.07, 6.45) is -4.82. The highest BCUT2D eigenvalue weighted by atomic mass is 19.4. The van der Waals surface area contributed by atoms with Gasteiger partial charge in [0.05, 0.1) is 17.7 Å². The number of ether oxygens (including phenoxy) is 1. The van der Waals surface area contributed by atoms with Crippen LogP contribution in [0, 0.1) is 11.3 Å². The monoisotopic (exact) mass is 259 g/mol. The van der Waals surface area contributed by atoms with Gasteiger partial charge in [0.25, 0.3) is 0 Å². The van der Waals surface area contributed by atoms with Crippen LogP contribution in [0.25, 0.3) is 0 Å². The minimum atomic E-state index is -4.82. The highest BCUT2D eigenvalue weighted by Gasteiger charge is 2.38. The molecule has 96 valence electrons. The van der Waals surface area contributed by atoms with Gasteiger partial charge in [-0.25, -0.2) is 4.79 Å². The van der Waals surface area contributed by atoms with Crippen molar-refractivity contribution in [2.45, 2.75) is 13.1 Å². The first kappa shape index (κ1) is 13.8. The van der Waals surface area contributed by atoms with Gasteiger partial charge in [-0.15, -0.1) is 0 Å². The molecule has 0 aliphatic heterocycles. The number of aromatic hydroxyl groups is 1. The van der Waals surface area contributed by atoms with Crippen molar-refractivity contribution in [3.63, 3.8) is 0 Å². The number of phenols is 1. The Morgan fingerprint density at radius 1 is 1.50 bits per heavy atom. The average molecular weight is 259 g/mol. The standard InChI is InChI=1S/C11H8F3NO3/c1-2-18-10(17)9-6(5-15)8(16)4-3-7(9)11(12,13)14/h3-4,16H,2H2,1H3. The third-order valence-corrected chi connectivity index (χ3v) is 2.08. The van der Waals surface area contributed by atoms with E-state index in [1.807, 2.05) is 0 Å². The van der Waals surface area contributed by atoms with Gasteiger partial charge in [0, 0.05) is 0 Å². The van der Waals surface area contributed by atoms with Crippen molar-refractivity contribution >= 4 is 5.97 Å². The van der Waals surface area contributed by atoms with Crippen LogP contribution < -0.4 is 0 Å². The van der Waals surface area contributed by atoms with Crippen molar-refractivity contribution in [2.75, 3.05) is 6.61 Å². The molecule has 0 heterocycles. The third-order valence-electron chi connectivity index (χ3n) is 2.08. The minimum Gasteiger partial charge on any atom is -0.507 e. The van der Waals surface area contributed by atoms with E-state index in [0.717, 1.165) is 0 Å². The predicted octanol–water partition coefficient (Wildman–Crippen LogP) is 2.46. The van der Waals surface area contributed by atoms with E-state index in [-0.39, 0.29) is 6.61 Å². The van der Waals surface area contributed by atoms with Gasteiger partial charge in [-0.05, 0) is 19.1 Å². The topological polar surface area (TPSA) is 70.3 Å². The molecular formula is C11H8F3NO3. The molecule has 0 amide bonds. The largest absolute Gasteiger partial charge is 0.507 e. The summed E-state index contributed by atoms with van der Waals surface area (Å²) in [5.74, 6) is -1.99. The van der Waals surface area contributed by atoms with Crippen LogP contribution in [0.4, 0.5) is 13.2 Å². The lowest BCUT2D eigenvalue weighted by Crippen LogP contribution is -2.17. The molecule has 0 fully saturated rings. The van der Waals surface area contributed by atoms with Crippen molar-refractivity contribution in [2.24, 2.45) is 0 Å². The lowest BCUT2D eigenvalue weighted by Gasteiger charge is -2.13. The zero-order valence-electron chi connectivity index (χ0n) is 9.21. The van der Waals surface area contributed by atoms with Crippen molar-refractivity contribution < 1.29 is 27.8 Å². The predicted molar refractivity (Wildman–Crippen MR) is 53.8 cm³/mol. The normalized spacial score (nSPS) is 10.8.